The molecule has 2 aromatic carbocycles. The standard InChI is InChI=1S/C16H15ClN2O2S/c1-11-5-7-14(8-6-11)21-10-15(20)19-16(22)18-13-4-2-3-12(17)9-13/h2-9H,10H2,1H3,(H2,18,19,20,22). The van der Waals surface area contributed by atoms with Crippen LogP contribution in [0.15, 0.2) is 48.5 Å². The van der Waals surface area contributed by atoms with E-state index in [2.05, 4.69) is 10.6 Å². The highest BCUT2D eigenvalue weighted by molar-refractivity contribution is 7.80. The number of benzene rings is 2. The lowest BCUT2D eigenvalue weighted by atomic mass is 10.2. The number of hydrogen-bond donors (Lipinski definition) is 2. The third-order valence-electron chi connectivity index (χ3n) is 2.73. The summed E-state index contributed by atoms with van der Waals surface area (Å²) in [6.45, 7) is 1.87. The molecule has 0 heterocycles. The lowest BCUT2D eigenvalue weighted by Gasteiger charge is -2.10. The van der Waals surface area contributed by atoms with Gasteiger partial charge in [-0.15, -0.1) is 0 Å². The van der Waals surface area contributed by atoms with E-state index in [1.165, 1.54) is 0 Å². The van der Waals surface area contributed by atoms with Crippen molar-refractivity contribution in [2.75, 3.05) is 11.9 Å². The number of thiocarbonyl (C=S) groups is 1. The number of nitrogens with one attached hydrogen (secondary N) is 2. The first kappa shape index (κ1) is 16.3. The van der Waals surface area contributed by atoms with E-state index in [4.69, 9.17) is 28.6 Å². The Morgan fingerprint density at radius 1 is 1.23 bits per heavy atom. The fourth-order valence-corrected chi connectivity index (χ4v) is 2.10. The molecule has 114 valence electrons. The molecule has 2 rings (SSSR count). The summed E-state index contributed by atoms with van der Waals surface area (Å²) >= 11 is 10.9. The topological polar surface area (TPSA) is 50.4 Å². The minimum atomic E-state index is -0.333. The third-order valence-corrected chi connectivity index (χ3v) is 3.17. The molecule has 1 amide bonds. The van der Waals surface area contributed by atoms with Crippen molar-refractivity contribution < 1.29 is 9.53 Å². The molecule has 2 aromatic rings. The van der Waals surface area contributed by atoms with E-state index in [9.17, 15) is 4.79 Å². The van der Waals surface area contributed by atoms with Gasteiger partial charge >= 0.3 is 0 Å². The number of halogens is 1. The zero-order chi connectivity index (χ0) is 15.9. The summed E-state index contributed by atoms with van der Waals surface area (Å²) in [5.41, 5.74) is 1.83. The molecule has 0 spiro atoms. The summed E-state index contributed by atoms with van der Waals surface area (Å²) in [6.07, 6.45) is 0. The van der Waals surface area contributed by atoms with E-state index in [1.54, 1.807) is 24.3 Å². The normalized spacial score (nSPS) is 9.91. The van der Waals surface area contributed by atoms with Crippen LogP contribution in [-0.4, -0.2) is 17.6 Å². The van der Waals surface area contributed by atoms with Crippen LogP contribution in [0, 0.1) is 6.92 Å². The number of amides is 1. The summed E-state index contributed by atoms with van der Waals surface area (Å²) in [5, 5.41) is 6.20. The van der Waals surface area contributed by atoms with E-state index in [-0.39, 0.29) is 17.6 Å². The molecule has 0 saturated heterocycles. The second-order valence-corrected chi connectivity index (χ2v) is 5.46. The minimum Gasteiger partial charge on any atom is -0.484 e. The Balaban J connectivity index is 1.79. The predicted octanol–water partition coefficient (Wildman–Crippen LogP) is 3.54. The fraction of sp³-hybridized carbons (Fsp3) is 0.125. The number of aryl methyl sites for hydroxylation is 1. The molecular weight excluding hydrogens is 320 g/mol. The van der Waals surface area contributed by atoms with Gasteiger partial charge in [-0.05, 0) is 49.5 Å². The second kappa shape index (κ2) is 7.77. The van der Waals surface area contributed by atoms with Crippen LogP contribution in [0.1, 0.15) is 5.56 Å². The number of carbonyl (C=O) groups is 1. The average Bonchev–Trinajstić information content (AvgIpc) is 2.46. The van der Waals surface area contributed by atoms with Crippen LogP contribution < -0.4 is 15.4 Å². The zero-order valence-corrected chi connectivity index (χ0v) is 13.5. The third kappa shape index (κ3) is 5.35. The summed E-state index contributed by atoms with van der Waals surface area (Å²) in [6, 6.07) is 14.5. The quantitative estimate of drug-likeness (QED) is 0.840. The van der Waals surface area contributed by atoms with Gasteiger partial charge in [0, 0.05) is 10.7 Å². The van der Waals surface area contributed by atoms with Gasteiger partial charge in [0.2, 0.25) is 0 Å². The Labute approximate surface area is 139 Å². The molecular formula is C16H15ClN2O2S. The number of anilines is 1. The maximum absolute atomic E-state index is 11.8. The summed E-state index contributed by atoms with van der Waals surface area (Å²) in [5.74, 6) is 0.301. The predicted molar refractivity (Wildman–Crippen MR) is 92.5 cm³/mol. The molecule has 2 N–H and O–H groups in total. The maximum Gasteiger partial charge on any atom is 0.264 e. The van der Waals surface area contributed by atoms with E-state index >= 15 is 0 Å². The number of carbonyl (C=O) groups excluding carboxylic acids is 1. The van der Waals surface area contributed by atoms with Crippen molar-refractivity contribution in [3.8, 4) is 5.75 Å². The first-order chi connectivity index (χ1) is 10.5. The summed E-state index contributed by atoms with van der Waals surface area (Å²) < 4.78 is 5.37. The highest BCUT2D eigenvalue weighted by Gasteiger charge is 2.06. The lowest BCUT2D eigenvalue weighted by molar-refractivity contribution is -0.121. The zero-order valence-electron chi connectivity index (χ0n) is 11.9. The first-order valence-electron chi connectivity index (χ1n) is 6.59. The Kier molecular flexibility index (Phi) is 5.75. The van der Waals surface area contributed by atoms with Crippen LogP contribution in [0.25, 0.3) is 0 Å². The molecule has 0 bridgehead atoms. The molecule has 0 aliphatic carbocycles. The van der Waals surface area contributed by atoms with Crippen molar-refractivity contribution in [2.24, 2.45) is 0 Å². The number of rotatable bonds is 4. The van der Waals surface area contributed by atoms with E-state index in [0.29, 0.717) is 16.5 Å². The van der Waals surface area contributed by atoms with Gasteiger partial charge < -0.3 is 10.1 Å². The maximum atomic E-state index is 11.8. The van der Waals surface area contributed by atoms with Crippen LogP contribution in [0.2, 0.25) is 5.02 Å². The minimum absolute atomic E-state index is 0.111. The Morgan fingerprint density at radius 2 is 1.95 bits per heavy atom. The van der Waals surface area contributed by atoms with Gasteiger partial charge in [0.15, 0.2) is 11.7 Å². The van der Waals surface area contributed by atoms with Crippen LogP contribution in [0.3, 0.4) is 0 Å². The second-order valence-electron chi connectivity index (χ2n) is 4.61. The van der Waals surface area contributed by atoms with Crippen molar-refractivity contribution in [1.82, 2.24) is 5.32 Å². The van der Waals surface area contributed by atoms with Gasteiger partial charge in [-0.25, -0.2) is 0 Å². The Bertz CT molecular complexity index is 674. The first-order valence-corrected chi connectivity index (χ1v) is 7.37. The van der Waals surface area contributed by atoms with Crippen molar-refractivity contribution in [2.45, 2.75) is 6.92 Å². The molecule has 4 nitrogen and oxygen atoms in total. The van der Waals surface area contributed by atoms with Crippen LogP contribution in [0.4, 0.5) is 5.69 Å². The van der Waals surface area contributed by atoms with Gasteiger partial charge in [-0.3, -0.25) is 10.1 Å². The molecule has 0 aliphatic heterocycles. The Morgan fingerprint density at radius 3 is 2.64 bits per heavy atom. The highest BCUT2D eigenvalue weighted by Crippen LogP contribution is 2.14. The molecule has 0 unspecified atom stereocenters. The largest absolute Gasteiger partial charge is 0.484 e. The number of hydrogen-bond acceptors (Lipinski definition) is 3. The van der Waals surface area contributed by atoms with Crippen molar-refractivity contribution >= 4 is 40.5 Å². The van der Waals surface area contributed by atoms with Gasteiger partial charge in [-0.2, -0.15) is 0 Å². The summed E-state index contributed by atoms with van der Waals surface area (Å²) in [4.78, 5) is 11.8. The lowest BCUT2D eigenvalue weighted by Crippen LogP contribution is -2.37. The SMILES string of the molecule is Cc1ccc(OCC(=O)NC(=S)Nc2cccc(Cl)c2)cc1. The summed E-state index contributed by atoms with van der Waals surface area (Å²) in [7, 11) is 0. The van der Waals surface area contributed by atoms with Crippen LogP contribution in [-0.2, 0) is 4.79 Å². The average molecular weight is 335 g/mol. The van der Waals surface area contributed by atoms with Gasteiger partial charge in [-0.1, -0.05) is 35.4 Å². The molecule has 0 aromatic heterocycles. The molecule has 6 heteroatoms. The van der Waals surface area contributed by atoms with E-state index < -0.39 is 0 Å². The van der Waals surface area contributed by atoms with Crippen molar-refractivity contribution in [3.63, 3.8) is 0 Å². The fourth-order valence-electron chi connectivity index (χ4n) is 1.67. The monoisotopic (exact) mass is 334 g/mol. The van der Waals surface area contributed by atoms with Gasteiger partial charge in [0.05, 0.1) is 0 Å². The van der Waals surface area contributed by atoms with Crippen LogP contribution >= 0.6 is 23.8 Å². The highest BCUT2D eigenvalue weighted by atomic mass is 35.5. The van der Waals surface area contributed by atoms with Gasteiger partial charge in [0.25, 0.3) is 5.91 Å². The Hall–Kier alpha value is -2.11. The molecule has 0 radical (unpaired) electrons. The van der Waals surface area contributed by atoms with Crippen LogP contribution in [0.5, 0.6) is 5.75 Å². The molecule has 0 saturated carbocycles. The number of ether oxygens (including phenoxy) is 1. The molecule has 0 atom stereocenters. The van der Waals surface area contributed by atoms with E-state index in [0.717, 1.165) is 5.56 Å². The molecule has 22 heavy (non-hydrogen) atoms. The van der Waals surface area contributed by atoms with Crippen molar-refractivity contribution in [1.29, 1.82) is 0 Å². The smallest absolute Gasteiger partial charge is 0.264 e. The molecule has 0 fully saturated rings. The van der Waals surface area contributed by atoms with Gasteiger partial charge in [0.1, 0.15) is 5.75 Å². The van der Waals surface area contributed by atoms with Crippen molar-refractivity contribution in [3.05, 3.63) is 59.1 Å². The molecule has 0 aliphatic rings. The van der Waals surface area contributed by atoms with E-state index in [1.807, 2.05) is 31.2 Å².